The monoisotopic (exact) mass is 305 g/mol. The van der Waals surface area contributed by atoms with Crippen LogP contribution in [0.1, 0.15) is 5.56 Å². The molecule has 1 aromatic heterocycles. The topological polar surface area (TPSA) is 42.4 Å². The van der Waals surface area contributed by atoms with Crippen LogP contribution >= 0.6 is 0 Å². The van der Waals surface area contributed by atoms with Gasteiger partial charge in [-0.25, -0.2) is 4.98 Å². The Morgan fingerprint density at radius 3 is 2.50 bits per heavy atom. The number of aromatic nitrogens is 1. The minimum atomic E-state index is -4.43. The molecule has 2 aromatic carbocycles. The molecule has 3 aromatic rings. The number of pyridine rings is 1. The predicted molar refractivity (Wildman–Crippen MR) is 74.9 cm³/mol. The van der Waals surface area contributed by atoms with Crippen LogP contribution in [0.4, 0.5) is 13.2 Å². The second-order valence-corrected chi connectivity index (χ2v) is 4.65. The molecule has 0 aliphatic rings. The molecule has 0 atom stereocenters. The number of fused-ring (bicyclic) bond motifs is 1. The molecule has 0 spiro atoms. The SMILES string of the molecule is Oc1ccc2ccc(Oc3cccc(C(F)(F)F)c3)nc2c1. The van der Waals surface area contributed by atoms with Crippen molar-refractivity contribution in [2.24, 2.45) is 0 Å². The molecule has 0 radical (unpaired) electrons. The second-order valence-electron chi connectivity index (χ2n) is 4.65. The zero-order chi connectivity index (χ0) is 15.7. The van der Waals surface area contributed by atoms with Gasteiger partial charge >= 0.3 is 6.18 Å². The van der Waals surface area contributed by atoms with Gasteiger partial charge < -0.3 is 9.84 Å². The van der Waals surface area contributed by atoms with Crippen LogP contribution in [0.15, 0.2) is 54.6 Å². The van der Waals surface area contributed by atoms with Crippen molar-refractivity contribution in [1.82, 2.24) is 4.98 Å². The molecule has 0 bridgehead atoms. The Kier molecular flexibility index (Phi) is 3.36. The summed E-state index contributed by atoms with van der Waals surface area (Å²) in [7, 11) is 0. The van der Waals surface area contributed by atoms with Crippen LogP contribution in [-0.4, -0.2) is 10.1 Å². The van der Waals surface area contributed by atoms with Crippen LogP contribution in [-0.2, 0) is 6.18 Å². The smallest absolute Gasteiger partial charge is 0.416 e. The van der Waals surface area contributed by atoms with Crippen molar-refractivity contribution in [3.05, 3.63) is 60.2 Å². The van der Waals surface area contributed by atoms with E-state index in [0.717, 1.165) is 17.5 Å². The highest BCUT2D eigenvalue weighted by Crippen LogP contribution is 2.32. The summed E-state index contributed by atoms with van der Waals surface area (Å²) in [6.07, 6.45) is -4.43. The first kappa shape index (κ1) is 14.2. The highest BCUT2D eigenvalue weighted by molar-refractivity contribution is 5.80. The van der Waals surface area contributed by atoms with Gasteiger partial charge in [0.2, 0.25) is 5.88 Å². The molecule has 1 heterocycles. The second kappa shape index (κ2) is 5.22. The first-order chi connectivity index (χ1) is 10.4. The molecular formula is C16H10F3NO2. The van der Waals surface area contributed by atoms with Crippen molar-refractivity contribution in [3.8, 4) is 17.4 Å². The van der Waals surface area contributed by atoms with E-state index in [1.165, 1.54) is 24.3 Å². The third kappa shape index (κ3) is 2.95. The number of phenolic OH excluding ortho intramolecular Hbond substituents is 1. The summed E-state index contributed by atoms with van der Waals surface area (Å²) in [6.45, 7) is 0. The molecular weight excluding hydrogens is 295 g/mol. The summed E-state index contributed by atoms with van der Waals surface area (Å²) in [5, 5.41) is 10.2. The minimum absolute atomic E-state index is 0.0434. The Labute approximate surface area is 123 Å². The standard InChI is InChI=1S/C16H10F3NO2/c17-16(18,19)11-2-1-3-13(8-11)22-15-7-5-10-4-6-12(21)9-14(10)20-15/h1-9,21H. The third-order valence-electron chi connectivity index (χ3n) is 3.03. The minimum Gasteiger partial charge on any atom is -0.508 e. The summed E-state index contributed by atoms with van der Waals surface area (Å²) >= 11 is 0. The fraction of sp³-hybridized carbons (Fsp3) is 0.0625. The lowest BCUT2D eigenvalue weighted by atomic mass is 10.2. The Morgan fingerprint density at radius 2 is 1.73 bits per heavy atom. The van der Waals surface area contributed by atoms with Gasteiger partial charge in [-0.15, -0.1) is 0 Å². The van der Waals surface area contributed by atoms with Crippen LogP contribution in [0.5, 0.6) is 17.4 Å². The fourth-order valence-corrected chi connectivity index (χ4v) is 2.00. The van der Waals surface area contributed by atoms with Gasteiger partial charge in [-0.1, -0.05) is 6.07 Å². The lowest BCUT2D eigenvalue weighted by Gasteiger charge is -2.10. The van der Waals surface area contributed by atoms with Crippen molar-refractivity contribution in [2.45, 2.75) is 6.18 Å². The molecule has 0 amide bonds. The van der Waals surface area contributed by atoms with Crippen LogP contribution < -0.4 is 4.74 Å². The zero-order valence-corrected chi connectivity index (χ0v) is 11.1. The highest BCUT2D eigenvalue weighted by Gasteiger charge is 2.30. The molecule has 3 nitrogen and oxygen atoms in total. The van der Waals surface area contributed by atoms with Crippen LogP contribution in [0.3, 0.4) is 0 Å². The van der Waals surface area contributed by atoms with E-state index in [-0.39, 0.29) is 17.4 Å². The van der Waals surface area contributed by atoms with E-state index < -0.39 is 11.7 Å². The number of nitrogens with zero attached hydrogens (tertiary/aromatic N) is 1. The van der Waals surface area contributed by atoms with Crippen molar-refractivity contribution in [3.63, 3.8) is 0 Å². The van der Waals surface area contributed by atoms with Gasteiger partial charge in [0, 0.05) is 17.5 Å². The molecule has 3 rings (SSSR count). The number of phenols is 1. The maximum atomic E-state index is 12.7. The summed E-state index contributed by atoms with van der Waals surface area (Å²) in [4.78, 5) is 4.16. The van der Waals surface area contributed by atoms with E-state index in [0.29, 0.717) is 5.52 Å². The highest BCUT2D eigenvalue weighted by atomic mass is 19.4. The molecule has 6 heteroatoms. The number of hydrogen-bond donors (Lipinski definition) is 1. The third-order valence-corrected chi connectivity index (χ3v) is 3.03. The van der Waals surface area contributed by atoms with Gasteiger partial charge in [-0.2, -0.15) is 13.2 Å². The van der Waals surface area contributed by atoms with Gasteiger partial charge in [0.15, 0.2) is 0 Å². The average molecular weight is 305 g/mol. The van der Waals surface area contributed by atoms with E-state index in [9.17, 15) is 18.3 Å². The molecule has 22 heavy (non-hydrogen) atoms. The first-order valence-corrected chi connectivity index (χ1v) is 6.37. The van der Waals surface area contributed by atoms with E-state index in [2.05, 4.69) is 4.98 Å². The average Bonchev–Trinajstić information content (AvgIpc) is 2.46. The fourth-order valence-electron chi connectivity index (χ4n) is 2.00. The number of alkyl halides is 3. The molecule has 1 N–H and O–H groups in total. The molecule has 0 aliphatic carbocycles. The molecule has 0 saturated heterocycles. The Bertz CT molecular complexity index is 831. The van der Waals surface area contributed by atoms with Crippen LogP contribution in [0, 0.1) is 0 Å². The van der Waals surface area contributed by atoms with Crippen LogP contribution in [0.2, 0.25) is 0 Å². The van der Waals surface area contributed by atoms with E-state index in [1.54, 1.807) is 18.2 Å². The van der Waals surface area contributed by atoms with Crippen molar-refractivity contribution < 1.29 is 23.0 Å². The van der Waals surface area contributed by atoms with Crippen molar-refractivity contribution >= 4 is 10.9 Å². The van der Waals surface area contributed by atoms with Gasteiger partial charge in [0.25, 0.3) is 0 Å². The number of benzene rings is 2. The van der Waals surface area contributed by atoms with E-state index in [4.69, 9.17) is 4.74 Å². The Balaban J connectivity index is 1.93. The van der Waals surface area contributed by atoms with Gasteiger partial charge in [-0.3, -0.25) is 0 Å². The predicted octanol–water partition coefficient (Wildman–Crippen LogP) is 4.75. The lowest BCUT2D eigenvalue weighted by Crippen LogP contribution is -2.04. The maximum Gasteiger partial charge on any atom is 0.416 e. The maximum absolute atomic E-state index is 12.7. The normalized spacial score (nSPS) is 11.6. The number of hydrogen-bond acceptors (Lipinski definition) is 3. The van der Waals surface area contributed by atoms with Gasteiger partial charge in [-0.05, 0) is 36.4 Å². The summed E-state index contributed by atoms with van der Waals surface area (Å²) in [5.74, 6) is 0.246. The van der Waals surface area contributed by atoms with Crippen LogP contribution in [0.25, 0.3) is 10.9 Å². The van der Waals surface area contributed by atoms with Crippen molar-refractivity contribution in [1.29, 1.82) is 0 Å². The summed E-state index contributed by atoms with van der Waals surface area (Å²) in [6, 6.07) is 12.5. The zero-order valence-electron chi connectivity index (χ0n) is 11.1. The number of ether oxygens (including phenoxy) is 1. The molecule has 0 unspecified atom stereocenters. The van der Waals surface area contributed by atoms with Gasteiger partial charge in [0.1, 0.15) is 11.5 Å². The number of rotatable bonds is 2. The quantitative estimate of drug-likeness (QED) is 0.743. The summed E-state index contributed by atoms with van der Waals surface area (Å²) < 4.78 is 43.4. The summed E-state index contributed by atoms with van der Waals surface area (Å²) in [5.41, 5.74) is -0.298. The first-order valence-electron chi connectivity index (χ1n) is 6.37. The van der Waals surface area contributed by atoms with E-state index in [1.807, 2.05) is 0 Å². The Hall–Kier alpha value is -2.76. The lowest BCUT2D eigenvalue weighted by molar-refractivity contribution is -0.137. The molecule has 0 fully saturated rings. The number of aromatic hydroxyl groups is 1. The number of halogens is 3. The largest absolute Gasteiger partial charge is 0.508 e. The van der Waals surface area contributed by atoms with Gasteiger partial charge in [0.05, 0.1) is 11.1 Å². The van der Waals surface area contributed by atoms with E-state index >= 15 is 0 Å². The van der Waals surface area contributed by atoms with Crippen molar-refractivity contribution in [2.75, 3.05) is 0 Å². The molecule has 112 valence electrons. The molecule has 0 aliphatic heterocycles. The Morgan fingerprint density at radius 1 is 0.955 bits per heavy atom. The molecule has 0 saturated carbocycles.